The summed E-state index contributed by atoms with van der Waals surface area (Å²) in [5.41, 5.74) is 0.622. The normalized spacial score (nSPS) is 23.4. The van der Waals surface area contributed by atoms with Gasteiger partial charge >= 0.3 is 0 Å². The van der Waals surface area contributed by atoms with Crippen LogP contribution in [-0.4, -0.2) is 41.9 Å². The Hall–Kier alpha value is -0.970. The van der Waals surface area contributed by atoms with Gasteiger partial charge in [0, 0.05) is 25.0 Å². The summed E-state index contributed by atoms with van der Waals surface area (Å²) in [4.78, 5) is 4.31. The highest BCUT2D eigenvalue weighted by Crippen LogP contribution is 2.14. The fourth-order valence-corrected chi connectivity index (χ4v) is 2.53. The number of hydrogen-bond donors (Lipinski definition) is 3. The molecule has 1 aromatic heterocycles. The van der Waals surface area contributed by atoms with Crippen molar-refractivity contribution in [3.05, 3.63) is 30.1 Å². The molecule has 0 radical (unpaired) electrons. The maximum atomic E-state index is 10.3. The monoisotopic (exact) mass is 263 g/mol. The van der Waals surface area contributed by atoms with Gasteiger partial charge in [-0.05, 0) is 57.3 Å². The number of aryl methyl sites for hydroxylation is 1. The molecule has 0 aliphatic carbocycles. The van der Waals surface area contributed by atoms with Gasteiger partial charge in [0.15, 0.2) is 0 Å². The van der Waals surface area contributed by atoms with Crippen LogP contribution in [0.2, 0.25) is 0 Å². The summed E-state index contributed by atoms with van der Waals surface area (Å²) in [5, 5.41) is 16.9. The Balaban J connectivity index is 1.52. The largest absolute Gasteiger partial charge is 0.387 e. The summed E-state index contributed by atoms with van der Waals surface area (Å²) < 4.78 is 0. The Kier molecular flexibility index (Phi) is 5.76. The minimum absolute atomic E-state index is 0.542. The molecule has 106 valence electrons. The van der Waals surface area contributed by atoms with Gasteiger partial charge < -0.3 is 15.7 Å². The molecule has 4 heteroatoms. The van der Waals surface area contributed by atoms with E-state index in [0.717, 1.165) is 50.9 Å². The standard InChI is InChI=1S/C15H25N3O/c19-15(8-5-10-17-13-15)12-16-9-3-1-6-14-7-2-4-11-18-14/h2,4,7,11,16-17,19H,1,3,5-6,8-10,12-13H2. The third-order valence-corrected chi connectivity index (χ3v) is 3.67. The molecular formula is C15H25N3O. The molecule has 0 spiro atoms. The number of aromatic nitrogens is 1. The molecule has 2 heterocycles. The van der Waals surface area contributed by atoms with Crippen LogP contribution >= 0.6 is 0 Å². The maximum Gasteiger partial charge on any atom is 0.0895 e. The number of pyridine rings is 1. The third-order valence-electron chi connectivity index (χ3n) is 3.67. The molecule has 1 saturated heterocycles. The van der Waals surface area contributed by atoms with Crippen molar-refractivity contribution in [1.82, 2.24) is 15.6 Å². The second kappa shape index (κ2) is 7.58. The number of aliphatic hydroxyl groups is 1. The average molecular weight is 263 g/mol. The van der Waals surface area contributed by atoms with Crippen LogP contribution in [0.25, 0.3) is 0 Å². The zero-order chi connectivity index (χ0) is 13.4. The Morgan fingerprint density at radius 2 is 2.32 bits per heavy atom. The highest BCUT2D eigenvalue weighted by molar-refractivity contribution is 5.03. The number of nitrogens with zero attached hydrogens (tertiary/aromatic N) is 1. The van der Waals surface area contributed by atoms with E-state index in [0.29, 0.717) is 13.1 Å². The zero-order valence-corrected chi connectivity index (χ0v) is 11.6. The molecule has 0 aromatic carbocycles. The molecule has 1 fully saturated rings. The summed E-state index contributed by atoms with van der Waals surface area (Å²) in [6.07, 6.45) is 7.12. The molecule has 0 saturated carbocycles. The van der Waals surface area contributed by atoms with Crippen molar-refractivity contribution in [2.75, 3.05) is 26.2 Å². The summed E-state index contributed by atoms with van der Waals surface area (Å²) in [5.74, 6) is 0. The van der Waals surface area contributed by atoms with Gasteiger partial charge in [0.05, 0.1) is 5.60 Å². The van der Waals surface area contributed by atoms with E-state index in [-0.39, 0.29) is 0 Å². The molecule has 3 N–H and O–H groups in total. The predicted molar refractivity (Wildman–Crippen MR) is 77.1 cm³/mol. The van der Waals surface area contributed by atoms with Gasteiger partial charge in [0.2, 0.25) is 0 Å². The van der Waals surface area contributed by atoms with E-state index in [1.165, 1.54) is 0 Å². The van der Waals surface area contributed by atoms with Crippen molar-refractivity contribution >= 4 is 0 Å². The van der Waals surface area contributed by atoms with Crippen LogP contribution in [0, 0.1) is 0 Å². The summed E-state index contributed by atoms with van der Waals surface area (Å²) in [6.45, 7) is 3.42. The van der Waals surface area contributed by atoms with Gasteiger partial charge in [-0.1, -0.05) is 6.07 Å². The molecule has 1 atom stereocenters. The van der Waals surface area contributed by atoms with Crippen molar-refractivity contribution < 1.29 is 5.11 Å². The molecule has 1 aliphatic rings. The first-order valence-electron chi connectivity index (χ1n) is 7.32. The first-order valence-corrected chi connectivity index (χ1v) is 7.32. The number of rotatable bonds is 7. The number of unbranched alkanes of at least 4 members (excludes halogenated alkanes) is 1. The summed E-state index contributed by atoms with van der Waals surface area (Å²) in [7, 11) is 0. The van der Waals surface area contributed by atoms with Crippen LogP contribution in [0.15, 0.2) is 24.4 Å². The second-order valence-corrected chi connectivity index (χ2v) is 5.46. The van der Waals surface area contributed by atoms with Gasteiger partial charge in [0.1, 0.15) is 0 Å². The van der Waals surface area contributed by atoms with Crippen LogP contribution in [0.5, 0.6) is 0 Å². The lowest BCUT2D eigenvalue weighted by Crippen LogP contribution is -2.52. The average Bonchev–Trinajstić information content (AvgIpc) is 2.44. The molecule has 19 heavy (non-hydrogen) atoms. The molecule has 1 aromatic rings. The lowest BCUT2D eigenvalue weighted by molar-refractivity contribution is 0.0173. The molecular weight excluding hydrogens is 238 g/mol. The van der Waals surface area contributed by atoms with E-state index in [4.69, 9.17) is 0 Å². The highest BCUT2D eigenvalue weighted by atomic mass is 16.3. The predicted octanol–water partition coefficient (Wildman–Crippen LogP) is 1.11. The highest BCUT2D eigenvalue weighted by Gasteiger charge is 2.28. The van der Waals surface area contributed by atoms with Gasteiger partial charge in [0.25, 0.3) is 0 Å². The summed E-state index contributed by atoms with van der Waals surface area (Å²) >= 11 is 0. The SMILES string of the molecule is OC1(CNCCCCc2ccccn2)CCCNC1. The van der Waals surface area contributed by atoms with E-state index in [9.17, 15) is 5.11 Å². The van der Waals surface area contributed by atoms with Crippen molar-refractivity contribution in [2.45, 2.75) is 37.7 Å². The van der Waals surface area contributed by atoms with Crippen LogP contribution in [0.1, 0.15) is 31.4 Å². The Morgan fingerprint density at radius 1 is 1.37 bits per heavy atom. The van der Waals surface area contributed by atoms with Gasteiger partial charge in [-0.25, -0.2) is 0 Å². The molecule has 0 bridgehead atoms. The minimum atomic E-state index is -0.542. The fraction of sp³-hybridized carbons (Fsp3) is 0.667. The zero-order valence-electron chi connectivity index (χ0n) is 11.6. The molecule has 2 rings (SSSR count). The third kappa shape index (κ3) is 5.27. The van der Waals surface area contributed by atoms with Crippen molar-refractivity contribution in [3.8, 4) is 0 Å². The van der Waals surface area contributed by atoms with Crippen LogP contribution in [0.3, 0.4) is 0 Å². The Morgan fingerprint density at radius 3 is 3.05 bits per heavy atom. The summed E-state index contributed by atoms with van der Waals surface area (Å²) in [6, 6.07) is 6.06. The topological polar surface area (TPSA) is 57.2 Å². The number of piperidine rings is 1. The molecule has 1 aliphatic heterocycles. The second-order valence-electron chi connectivity index (χ2n) is 5.46. The van der Waals surface area contributed by atoms with E-state index in [2.05, 4.69) is 21.7 Å². The number of nitrogens with one attached hydrogen (secondary N) is 2. The molecule has 4 nitrogen and oxygen atoms in total. The maximum absolute atomic E-state index is 10.3. The van der Waals surface area contributed by atoms with Gasteiger partial charge in [-0.2, -0.15) is 0 Å². The fourth-order valence-electron chi connectivity index (χ4n) is 2.53. The van der Waals surface area contributed by atoms with Gasteiger partial charge in [-0.15, -0.1) is 0 Å². The number of β-amino-alcohol motifs (C(OH)–C–C–N with tert-alkyl or cyclic N) is 1. The lowest BCUT2D eigenvalue weighted by atomic mass is 9.94. The van der Waals surface area contributed by atoms with E-state index in [1.54, 1.807) is 0 Å². The molecule has 1 unspecified atom stereocenters. The first kappa shape index (κ1) is 14.4. The van der Waals surface area contributed by atoms with Crippen LogP contribution < -0.4 is 10.6 Å². The minimum Gasteiger partial charge on any atom is -0.387 e. The van der Waals surface area contributed by atoms with E-state index < -0.39 is 5.60 Å². The quantitative estimate of drug-likeness (QED) is 0.645. The smallest absolute Gasteiger partial charge is 0.0895 e. The Labute approximate surface area is 115 Å². The van der Waals surface area contributed by atoms with Crippen LogP contribution in [-0.2, 0) is 6.42 Å². The van der Waals surface area contributed by atoms with E-state index in [1.807, 2.05) is 18.3 Å². The lowest BCUT2D eigenvalue weighted by Gasteiger charge is -2.32. The first-order chi connectivity index (χ1) is 9.29. The van der Waals surface area contributed by atoms with E-state index >= 15 is 0 Å². The Bertz CT molecular complexity index is 350. The van der Waals surface area contributed by atoms with Crippen molar-refractivity contribution in [3.63, 3.8) is 0 Å². The van der Waals surface area contributed by atoms with Crippen molar-refractivity contribution in [1.29, 1.82) is 0 Å². The van der Waals surface area contributed by atoms with Gasteiger partial charge in [-0.3, -0.25) is 4.98 Å². The number of hydrogen-bond acceptors (Lipinski definition) is 4. The van der Waals surface area contributed by atoms with Crippen molar-refractivity contribution in [2.24, 2.45) is 0 Å². The van der Waals surface area contributed by atoms with Crippen LogP contribution in [0.4, 0.5) is 0 Å². The molecule has 0 amide bonds.